The summed E-state index contributed by atoms with van der Waals surface area (Å²) in [4.78, 5) is 23.6. The number of hydrogen-bond acceptors (Lipinski definition) is 3. The zero-order chi connectivity index (χ0) is 13.1. The molecule has 0 atom stereocenters. The number of aryl methyl sites for hydroxylation is 1. The lowest BCUT2D eigenvalue weighted by molar-refractivity contribution is 0.0698. The lowest BCUT2D eigenvalue weighted by Crippen LogP contribution is -2.36. The minimum Gasteiger partial charge on any atom is -0.478 e. The van der Waals surface area contributed by atoms with E-state index in [0.717, 1.165) is 30.6 Å². The van der Waals surface area contributed by atoms with Gasteiger partial charge in [0.2, 0.25) is 0 Å². The first kappa shape index (κ1) is 12.9. The van der Waals surface area contributed by atoms with Crippen molar-refractivity contribution in [2.24, 2.45) is 0 Å². The van der Waals surface area contributed by atoms with Gasteiger partial charge in [-0.15, -0.1) is 11.3 Å². The van der Waals surface area contributed by atoms with Gasteiger partial charge in [-0.1, -0.05) is 12.8 Å². The number of urea groups is 1. The van der Waals surface area contributed by atoms with E-state index in [2.05, 4.69) is 10.6 Å². The largest absolute Gasteiger partial charge is 0.478 e. The number of nitrogens with one attached hydrogen (secondary N) is 2. The number of carboxylic acid groups (broad SMARTS) is 1. The number of carbonyl (C=O) groups is 2. The van der Waals surface area contributed by atoms with Gasteiger partial charge >= 0.3 is 12.0 Å². The van der Waals surface area contributed by atoms with Gasteiger partial charge in [-0.2, -0.15) is 0 Å². The predicted molar refractivity (Wildman–Crippen MR) is 70.4 cm³/mol. The molecule has 3 N–H and O–H groups in total. The van der Waals surface area contributed by atoms with E-state index < -0.39 is 5.97 Å². The number of anilines is 1. The van der Waals surface area contributed by atoms with Crippen molar-refractivity contribution >= 4 is 28.3 Å². The van der Waals surface area contributed by atoms with Crippen molar-refractivity contribution in [2.75, 3.05) is 5.32 Å². The predicted octanol–water partition coefficient (Wildman–Crippen LogP) is 2.82. The Hall–Kier alpha value is -1.56. The molecule has 1 fully saturated rings. The van der Waals surface area contributed by atoms with E-state index in [4.69, 9.17) is 5.11 Å². The summed E-state index contributed by atoms with van der Waals surface area (Å²) in [5.74, 6) is -1.02. The topological polar surface area (TPSA) is 78.4 Å². The summed E-state index contributed by atoms with van der Waals surface area (Å²) in [5.41, 5.74) is 0.152. The molecule has 98 valence electrons. The van der Waals surface area contributed by atoms with Crippen molar-refractivity contribution in [3.63, 3.8) is 0 Å². The van der Waals surface area contributed by atoms with Gasteiger partial charge < -0.3 is 10.4 Å². The lowest BCUT2D eigenvalue weighted by atomic mass is 10.2. The van der Waals surface area contributed by atoms with Gasteiger partial charge in [-0.25, -0.2) is 9.59 Å². The summed E-state index contributed by atoms with van der Waals surface area (Å²) in [6.07, 6.45) is 4.29. The molecule has 1 saturated carbocycles. The van der Waals surface area contributed by atoms with Gasteiger partial charge in [0, 0.05) is 10.9 Å². The summed E-state index contributed by atoms with van der Waals surface area (Å²) in [7, 11) is 0. The molecule has 5 nitrogen and oxygen atoms in total. The van der Waals surface area contributed by atoms with Gasteiger partial charge in [-0.05, 0) is 25.8 Å². The van der Waals surface area contributed by atoms with E-state index in [0.29, 0.717) is 5.00 Å². The minimum absolute atomic E-state index is 0.152. The standard InChI is InChI=1S/C12H16N2O3S/c1-7-6-9(11(15)16)10(18-7)14-12(17)13-8-4-2-3-5-8/h6,8H,2-5H2,1H3,(H,15,16)(H2,13,14,17). The Labute approximate surface area is 109 Å². The molecule has 18 heavy (non-hydrogen) atoms. The van der Waals surface area contributed by atoms with Crippen LogP contribution < -0.4 is 10.6 Å². The molecule has 0 spiro atoms. The van der Waals surface area contributed by atoms with E-state index in [-0.39, 0.29) is 17.6 Å². The van der Waals surface area contributed by atoms with E-state index in [9.17, 15) is 9.59 Å². The molecular weight excluding hydrogens is 252 g/mol. The Bertz CT molecular complexity index is 464. The fourth-order valence-electron chi connectivity index (χ4n) is 2.16. The van der Waals surface area contributed by atoms with Crippen molar-refractivity contribution in [3.8, 4) is 0 Å². The van der Waals surface area contributed by atoms with Crippen molar-refractivity contribution < 1.29 is 14.7 Å². The van der Waals surface area contributed by atoms with Crippen LogP contribution in [0.15, 0.2) is 6.07 Å². The molecule has 0 aliphatic heterocycles. The SMILES string of the molecule is Cc1cc(C(=O)O)c(NC(=O)NC2CCCC2)s1. The third kappa shape index (κ3) is 3.01. The second kappa shape index (κ2) is 5.39. The van der Waals surface area contributed by atoms with Crippen LogP contribution in [0.4, 0.5) is 9.80 Å². The first-order valence-corrected chi connectivity index (χ1v) is 6.79. The average molecular weight is 268 g/mol. The van der Waals surface area contributed by atoms with Crippen LogP contribution in [-0.4, -0.2) is 23.1 Å². The number of amides is 2. The number of hydrogen-bond donors (Lipinski definition) is 3. The molecule has 2 rings (SSSR count). The third-order valence-corrected chi connectivity index (χ3v) is 3.97. The number of carbonyl (C=O) groups excluding carboxylic acids is 1. The van der Waals surface area contributed by atoms with Crippen LogP contribution in [0.25, 0.3) is 0 Å². The quantitative estimate of drug-likeness (QED) is 0.788. The fraction of sp³-hybridized carbons (Fsp3) is 0.500. The van der Waals surface area contributed by atoms with Crippen molar-refractivity contribution in [2.45, 2.75) is 38.6 Å². The average Bonchev–Trinajstić information content (AvgIpc) is 2.88. The molecule has 2 amide bonds. The molecule has 1 aliphatic rings. The summed E-state index contributed by atoms with van der Waals surface area (Å²) >= 11 is 1.28. The number of aromatic carboxylic acids is 1. The van der Waals surface area contributed by atoms with Gasteiger partial charge in [-0.3, -0.25) is 5.32 Å². The van der Waals surface area contributed by atoms with Crippen LogP contribution in [0.3, 0.4) is 0 Å². The molecular formula is C12H16N2O3S. The molecule has 0 aromatic carbocycles. The number of carboxylic acids is 1. The Morgan fingerprint density at radius 3 is 2.67 bits per heavy atom. The van der Waals surface area contributed by atoms with Crippen molar-refractivity contribution in [3.05, 3.63) is 16.5 Å². The van der Waals surface area contributed by atoms with Crippen LogP contribution in [0.1, 0.15) is 40.9 Å². The molecule has 0 saturated heterocycles. The highest BCUT2D eigenvalue weighted by Crippen LogP contribution is 2.27. The molecule has 0 bridgehead atoms. The van der Waals surface area contributed by atoms with E-state index in [1.54, 1.807) is 6.07 Å². The first-order chi connectivity index (χ1) is 8.56. The molecule has 1 aromatic rings. The highest BCUT2D eigenvalue weighted by Gasteiger charge is 2.19. The second-order valence-corrected chi connectivity index (χ2v) is 5.74. The molecule has 0 unspecified atom stereocenters. The van der Waals surface area contributed by atoms with Crippen LogP contribution in [-0.2, 0) is 0 Å². The van der Waals surface area contributed by atoms with Crippen molar-refractivity contribution in [1.29, 1.82) is 0 Å². The smallest absolute Gasteiger partial charge is 0.338 e. The monoisotopic (exact) mass is 268 g/mol. The molecule has 1 heterocycles. The van der Waals surface area contributed by atoms with Crippen LogP contribution in [0.5, 0.6) is 0 Å². The van der Waals surface area contributed by atoms with Gasteiger partial charge in [0.1, 0.15) is 5.00 Å². The fourth-order valence-corrected chi connectivity index (χ4v) is 3.06. The molecule has 6 heteroatoms. The van der Waals surface area contributed by atoms with E-state index >= 15 is 0 Å². The highest BCUT2D eigenvalue weighted by atomic mass is 32.1. The van der Waals surface area contributed by atoms with Crippen LogP contribution in [0.2, 0.25) is 0 Å². The van der Waals surface area contributed by atoms with Gasteiger partial charge in [0.05, 0.1) is 5.56 Å². The van der Waals surface area contributed by atoms with Gasteiger partial charge in [0.25, 0.3) is 0 Å². The normalized spacial score (nSPS) is 15.6. The second-order valence-electron chi connectivity index (χ2n) is 4.48. The maximum absolute atomic E-state index is 11.7. The van der Waals surface area contributed by atoms with Crippen LogP contribution >= 0.6 is 11.3 Å². The lowest BCUT2D eigenvalue weighted by Gasteiger charge is -2.12. The Balaban J connectivity index is 1.99. The Kier molecular flexibility index (Phi) is 3.86. The molecule has 0 radical (unpaired) electrons. The first-order valence-electron chi connectivity index (χ1n) is 5.97. The maximum Gasteiger partial charge on any atom is 0.338 e. The summed E-state index contributed by atoms with van der Waals surface area (Å²) < 4.78 is 0. The number of rotatable bonds is 3. The third-order valence-electron chi connectivity index (χ3n) is 3.00. The molecule has 1 aromatic heterocycles. The highest BCUT2D eigenvalue weighted by molar-refractivity contribution is 7.16. The van der Waals surface area contributed by atoms with Crippen molar-refractivity contribution in [1.82, 2.24) is 5.32 Å². The van der Waals surface area contributed by atoms with Crippen LogP contribution in [0, 0.1) is 6.92 Å². The van der Waals surface area contributed by atoms with Gasteiger partial charge in [0.15, 0.2) is 0 Å². The Morgan fingerprint density at radius 1 is 1.39 bits per heavy atom. The minimum atomic E-state index is -1.02. The zero-order valence-electron chi connectivity index (χ0n) is 10.2. The molecule has 1 aliphatic carbocycles. The summed E-state index contributed by atoms with van der Waals surface area (Å²) in [6, 6.07) is 1.48. The summed E-state index contributed by atoms with van der Waals surface area (Å²) in [6.45, 7) is 1.82. The zero-order valence-corrected chi connectivity index (χ0v) is 11.0. The summed E-state index contributed by atoms with van der Waals surface area (Å²) in [5, 5.41) is 14.9. The maximum atomic E-state index is 11.7. The Morgan fingerprint density at radius 2 is 2.06 bits per heavy atom. The van der Waals surface area contributed by atoms with E-state index in [1.807, 2.05) is 6.92 Å². The van der Waals surface area contributed by atoms with E-state index in [1.165, 1.54) is 11.3 Å². The number of thiophene rings is 1.